The van der Waals surface area contributed by atoms with Crippen LogP contribution in [-0.2, 0) is 14.3 Å². The van der Waals surface area contributed by atoms with Crippen LogP contribution in [0.3, 0.4) is 0 Å². The van der Waals surface area contributed by atoms with Gasteiger partial charge < -0.3 is 20.1 Å². The molecule has 170 valence electrons. The molecule has 0 bridgehead atoms. The van der Waals surface area contributed by atoms with Gasteiger partial charge >= 0.3 is 12.0 Å². The fourth-order valence-electron chi connectivity index (χ4n) is 3.44. The molecule has 3 amide bonds. The van der Waals surface area contributed by atoms with E-state index in [1.165, 1.54) is 18.4 Å². The summed E-state index contributed by atoms with van der Waals surface area (Å²) in [5.74, 6) is -0.687. The number of hydrogen-bond donors (Lipinski definition) is 2. The Balaban J connectivity index is 1.85. The third-order valence-electron chi connectivity index (χ3n) is 5.03. The van der Waals surface area contributed by atoms with Crippen molar-refractivity contribution in [2.45, 2.75) is 26.3 Å². The van der Waals surface area contributed by atoms with Gasteiger partial charge in [-0.25, -0.2) is 9.59 Å². The summed E-state index contributed by atoms with van der Waals surface area (Å²) in [5, 5.41) is 7.60. The summed E-state index contributed by atoms with van der Waals surface area (Å²) in [4.78, 5) is 40.0. The Kier molecular flexibility index (Phi) is 8.02. The lowest BCUT2D eigenvalue weighted by Crippen LogP contribution is -2.48. The van der Waals surface area contributed by atoms with Gasteiger partial charge in [0.2, 0.25) is 0 Å². The Morgan fingerprint density at radius 2 is 1.94 bits per heavy atom. The summed E-state index contributed by atoms with van der Waals surface area (Å²) in [5.41, 5.74) is 2.27. The van der Waals surface area contributed by atoms with Gasteiger partial charge in [0.15, 0.2) is 0 Å². The first-order valence-electron chi connectivity index (χ1n) is 10.4. The lowest BCUT2D eigenvalue weighted by atomic mass is 9.94. The molecule has 2 aromatic rings. The quantitative estimate of drug-likeness (QED) is 0.439. The van der Waals surface area contributed by atoms with E-state index in [1.54, 1.807) is 42.2 Å². The maximum absolute atomic E-state index is 12.9. The van der Waals surface area contributed by atoms with Crippen molar-refractivity contribution < 1.29 is 23.9 Å². The molecule has 1 unspecified atom stereocenters. The summed E-state index contributed by atoms with van der Waals surface area (Å²) < 4.78 is 10.3. The number of urea groups is 1. The zero-order valence-corrected chi connectivity index (χ0v) is 19.2. The van der Waals surface area contributed by atoms with Crippen LogP contribution in [0.15, 0.2) is 53.0 Å². The number of methoxy groups -OCH3 is 1. The van der Waals surface area contributed by atoms with Crippen LogP contribution in [0.5, 0.6) is 0 Å². The predicted molar refractivity (Wildman–Crippen MR) is 123 cm³/mol. The van der Waals surface area contributed by atoms with Crippen LogP contribution in [-0.4, -0.2) is 49.7 Å². The smallest absolute Gasteiger partial charge is 0.338 e. The summed E-state index contributed by atoms with van der Waals surface area (Å²) in [6.45, 7) is 4.62. The van der Waals surface area contributed by atoms with Crippen LogP contribution in [0.4, 0.5) is 10.5 Å². The van der Waals surface area contributed by atoms with E-state index in [9.17, 15) is 14.4 Å². The minimum absolute atomic E-state index is 0.119. The van der Waals surface area contributed by atoms with Crippen molar-refractivity contribution >= 4 is 34.9 Å². The van der Waals surface area contributed by atoms with Crippen LogP contribution < -0.4 is 10.6 Å². The topological polar surface area (TPSA) is 97.0 Å². The lowest BCUT2D eigenvalue weighted by Gasteiger charge is -2.35. The SMILES string of the molecule is CCCN1C(=O)NC(c2ccc(NC(=O)c3cccs3)cc2)C(C(=O)OCCOC)=C1C. The molecule has 1 aliphatic rings. The Morgan fingerprint density at radius 1 is 1.19 bits per heavy atom. The maximum atomic E-state index is 12.9. The van der Waals surface area contributed by atoms with Crippen LogP contribution in [0.1, 0.15) is 41.5 Å². The Hall–Kier alpha value is -3.17. The first-order chi connectivity index (χ1) is 15.5. The van der Waals surface area contributed by atoms with Crippen LogP contribution in [0.25, 0.3) is 0 Å². The summed E-state index contributed by atoms with van der Waals surface area (Å²) in [6.07, 6.45) is 0.750. The Bertz CT molecular complexity index is 986. The standard InChI is InChI=1S/C23H27N3O5S/c1-4-11-26-15(2)19(22(28)31-13-12-30-3)20(25-23(26)29)16-7-9-17(10-8-16)24-21(27)18-6-5-14-32-18/h5-10,14,20H,4,11-13H2,1-3H3,(H,24,27)(H,25,29). The number of carbonyl (C=O) groups is 3. The van der Waals surface area contributed by atoms with Crippen LogP contribution in [0.2, 0.25) is 0 Å². The molecule has 0 saturated carbocycles. The first kappa shape index (κ1) is 23.5. The molecule has 3 rings (SSSR count). The third kappa shape index (κ3) is 5.35. The minimum atomic E-state index is -0.660. The predicted octanol–water partition coefficient (Wildman–Crippen LogP) is 3.94. The molecular weight excluding hydrogens is 430 g/mol. The first-order valence-corrected chi connectivity index (χ1v) is 11.2. The minimum Gasteiger partial charge on any atom is -0.460 e. The second kappa shape index (κ2) is 10.9. The van der Waals surface area contributed by atoms with Gasteiger partial charge in [0.25, 0.3) is 5.91 Å². The lowest BCUT2D eigenvalue weighted by molar-refractivity contribution is -0.140. The molecule has 0 radical (unpaired) electrons. The molecule has 0 saturated heterocycles. The number of thiophene rings is 1. The highest BCUT2D eigenvalue weighted by Crippen LogP contribution is 2.32. The van der Waals surface area contributed by atoms with Crippen molar-refractivity contribution in [3.8, 4) is 0 Å². The highest BCUT2D eigenvalue weighted by Gasteiger charge is 2.36. The Morgan fingerprint density at radius 3 is 2.56 bits per heavy atom. The molecule has 1 aromatic carbocycles. The van der Waals surface area contributed by atoms with E-state index in [2.05, 4.69) is 10.6 Å². The molecule has 2 heterocycles. The highest BCUT2D eigenvalue weighted by atomic mass is 32.1. The fourth-order valence-corrected chi connectivity index (χ4v) is 4.06. The van der Waals surface area contributed by atoms with Crippen LogP contribution in [0, 0.1) is 0 Å². The molecule has 1 aromatic heterocycles. The van der Waals surface area contributed by atoms with E-state index in [-0.39, 0.29) is 25.2 Å². The van der Waals surface area contributed by atoms with Crippen molar-refractivity contribution in [3.63, 3.8) is 0 Å². The molecule has 1 aliphatic heterocycles. The van der Waals surface area contributed by atoms with Gasteiger partial charge in [-0.15, -0.1) is 11.3 Å². The summed E-state index contributed by atoms with van der Waals surface area (Å²) in [6, 6.07) is 9.69. The fraction of sp³-hybridized carbons (Fsp3) is 0.348. The molecule has 0 fully saturated rings. The molecule has 1 atom stereocenters. The van der Waals surface area contributed by atoms with E-state index in [0.717, 1.165) is 6.42 Å². The van der Waals surface area contributed by atoms with E-state index >= 15 is 0 Å². The van der Waals surface area contributed by atoms with E-state index in [4.69, 9.17) is 9.47 Å². The Labute approximate surface area is 191 Å². The number of allylic oxidation sites excluding steroid dienone is 1. The number of ether oxygens (including phenoxy) is 2. The maximum Gasteiger partial charge on any atom is 0.338 e. The summed E-state index contributed by atoms with van der Waals surface area (Å²) in [7, 11) is 1.53. The average molecular weight is 458 g/mol. The monoisotopic (exact) mass is 457 g/mol. The largest absolute Gasteiger partial charge is 0.460 e. The number of amides is 3. The van der Waals surface area contributed by atoms with Crippen molar-refractivity contribution in [3.05, 3.63) is 63.5 Å². The number of hydrogen-bond acceptors (Lipinski definition) is 6. The van der Waals surface area contributed by atoms with Gasteiger partial charge in [0.1, 0.15) is 6.61 Å². The van der Waals surface area contributed by atoms with Gasteiger partial charge in [-0.1, -0.05) is 25.1 Å². The molecule has 2 N–H and O–H groups in total. The van der Waals surface area contributed by atoms with E-state index < -0.39 is 12.0 Å². The van der Waals surface area contributed by atoms with Crippen molar-refractivity contribution in [1.29, 1.82) is 0 Å². The summed E-state index contributed by atoms with van der Waals surface area (Å²) >= 11 is 1.36. The molecule has 9 heteroatoms. The molecule has 0 aliphatic carbocycles. The zero-order chi connectivity index (χ0) is 23.1. The van der Waals surface area contributed by atoms with E-state index in [1.807, 2.05) is 18.4 Å². The number of nitrogens with zero attached hydrogens (tertiary/aromatic N) is 1. The third-order valence-corrected chi connectivity index (χ3v) is 5.90. The number of esters is 1. The van der Waals surface area contributed by atoms with Gasteiger partial charge in [-0.2, -0.15) is 0 Å². The van der Waals surface area contributed by atoms with Crippen molar-refractivity contribution in [1.82, 2.24) is 10.2 Å². The average Bonchev–Trinajstić information content (AvgIpc) is 3.32. The molecule has 32 heavy (non-hydrogen) atoms. The van der Waals surface area contributed by atoms with Gasteiger partial charge in [0, 0.05) is 25.0 Å². The normalized spacial score (nSPS) is 16.0. The number of carbonyl (C=O) groups excluding carboxylic acids is 3. The number of benzene rings is 1. The number of rotatable bonds is 9. The van der Waals surface area contributed by atoms with Gasteiger partial charge in [-0.3, -0.25) is 9.69 Å². The molecular formula is C23H27N3O5S. The number of nitrogens with one attached hydrogen (secondary N) is 2. The van der Waals surface area contributed by atoms with Gasteiger partial charge in [-0.05, 0) is 42.5 Å². The molecule has 8 nitrogen and oxygen atoms in total. The van der Waals surface area contributed by atoms with Crippen molar-refractivity contribution in [2.75, 3.05) is 32.2 Å². The van der Waals surface area contributed by atoms with Crippen molar-refractivity contribution in [2.24, 2.45) is 0 Å². The van der Waals surface area contributed by atoms with E-state index in [0.29, 0.717) is 33.9 Å². The number of anilines is 1. The van der Waals surface area contributed by atoms with Gasteiger partial charge in [0.05, 0.1) is 23.1 Å². The molecule has 0 spiro atoms. The second-order valence-electron chi connectivity index (χ2n) is 7.22. The zero-order valence-electron chi connectivity index (χ0n) is 18.3. The highest BCUT2D eigenvalue weighted by molar-refractivity contribution is 7.12. The second-order valence-corrected chi connectivity index (χ2v) is 8.16. The van der Waals surface area contributed by atoms with Crippen LogP contribution >= 0.6 is 11.3 Å².